The smallest absolute Gasteiger partial charge is 0.166 e. The number of benzene rings is 1. The van der Waals surface area contributed by atoms with Crippen LogP contribution in [0.5, 0.6) is 0 Å². The molecule has 0 aliphatic heterocycles. The first-order valence-electron chi connectivity index (χ1n) is 9.08. The molecule has 1 aromatic rings. The van der Waals surface area contributed by atoms with Crippen LogP contribution in [0.15, 0.2) is 42.0 Å². The molecule has 0 spiro atoms. The summed E-state index contributed by atoms with van der Waals surface area (Å²) in [7, 11) is 0. The van der Waals surface area contributed by atoms with Crippen LogP contribution in [0.25, 0.3) is 5.57 Å². The predicted octanol–water partition coefficient (Wildman–Crippen LogP) is 7.26. The molecule has 0 saturated carbocycles. The van der Waals surface area contributed by atoms with Crippen molar-refractivity contribution in [2.45, 2.75) is 70.9 Å². The Morgan fingerprint density at radius 3 is 2.25 bits per heavy atom. The Morgan fingerprint density at radius 2 is 1.58 bits per heavy atom. The highest BCUT2D eigenvalue weighted by molar-refractivity contribution is 5.70. The first kappa shape index (κ1) is 18.8. The Bertz CT molecular complexity index is 562. The molecular weight excluding hydrogens is 309 g/mol. The zero-order valence-corrected chi connectivity index (χ0v) is 14.5. The number of hydrogen-bond acceptors (Lipinski definition) is 0. The second-order valence-corrected chi connectivity index (χ2v) is 6.58. The highest BCUT2D eigenvalue weighted by Gasteiger charge is 2.33. The van der Waals surface area contributed by atoms with E-state index in [2.05, 4.69) is 19.1 Å². The van der Waals surface area contributed by atoms with Crippen molar-refractivity contribution in [2.75, 3.05) is 0 Å². The maximum absolute atomic E-state index is 12.8. The Balaban J connectivity index is 1.88. The average molecular weight is 336 g/mol. The van der Waals surface area contributed by atoms with Crippen LogP contribution in [0.2, 0.25) is 0 Å². The van der Waals surface area contributed by atoms with Gasteiger partial charge in [-0.2, -0.15) is 13.2 Å². The van der Waals surface area contributed by atoms with Gasteiger partial charge in [-0.05, 0) is 48.5 Å². The number of rotatable bonds is 8. The molecule has 0 nitrogen and oxygen atoms in total. The van der Waals surface area contributed by atoms with E-state index in [1.165, 1.54) is 56.2 Å². The molecule has 0 radical (unpaired) electrons. The molecule has 0 atom stereocenters. The van der Waals surface area contributed by atoms with Gasteiger partial charge in [-0.25, -0.2) is 0 Å². The number of allylic oxidation sites excluding steroid dienone is 4. The predicted molar refractivity (Wildman–Crippen MR) is 94.9 cm³/mol. The van der Waals surface area contributed by atoms with Crippen molar-refractivity contribution in [1.82, 2.24) is 0 Å². The van der Waals surface area contributed by atoms with Crippen molar-refractivity contribution < 1.29 is 13.2 Å². The summed E-state index contributed by atoms with van der Waals surface area (Å²) in [6.45, 7) is 2.22. The molecule has 0 saturated heterocycles. The first-order chi connectivity index (χ1) is 11.5. The number of aryl methyl sites for hydroxylation is 1. The maximum Gasteiger partial charge on any atom is 0.416 e. The fourth-order valence-corrected chi connectivity index (χ4v) is 3.12. The van der Waals surface area contributed by atoms with Crippen molar-refractivity contribution in [3.05, 3.63) is 53.1 Å². The largest absolute Gasteiger partial charge is 0.416 e. The third-order valence-corrected chi connectivity index (χ3v) is 4.58. The lowest BCUT2D eigenvalue weighted by Gasteiger charge is -2.16. The maximum atomic E-state index is 12.8. The minimum atomic E-state index is -4.25. The minimum Gasteiger partial charge on any atom is -0.166 e. The van der Waals surface area contributed by atoms with E-state index in [0.29, 0.717) is 12.8 Å². The molecule has 0 N–H and O–H groups in total. The van der Waals surface area contributed by atoms with Gasteiger partial charge < -0.3 is 0 Å². The van der Waals surface area contributed by atoms with Gasteiger partial charge in [-0.15, -0.1) is 0 Å². The van der Waals surface area contributed by atoms with Gasteiger partial charge in [0, 0.05) is 0 Å². The van der Waals surface area contributed by atoms with E-state index < -0.39 is 11.7 Å². The van der Waals surface area contributed by atoms with Gasteiger partial charge in [0.05, 0.1) is 5.57 Å². The van der Waals surface area contributed by atoms with Crippen molar-refractivity contribution >= 4 is 5.57 Å². The summed E-state index contributed by atoms with van der Waals surface area (Å²) in [6.07, 6.45) is 8.17. The van der Waals surface area contributed by atoms with Gasteiger partial charge in [0.1, 0.15) is 0 Å². The lowest BCUT2D eigenvalue weighted by molar-refractivity contribution is -0.0885. The molecule has 0 unspecified atom stereocenters. The summed E-state index contributed by atoms with van der Waals surface area (Å²) in [5.74, 6) is 0. The molecule has 0 fully saturated rings. The van der Waals surface area contributed by atoms with Gasteiger partial charge in [0.2, 0.25) is 0 Å². The van der Waals surface area contributed by atoms with E-state index in [-0.39, 0.29) is 0 Å². The molecule has 132 valence electrons. The summed E-state index contributed by atoms with van der Waals surface area (Å²) >= 11 is 0. The molecule has 0 amide bonds. The molecule has 1 aliphatic carbocycles. The normalized spacial score (nSPS) is 15.2. The summed E-state index contributed by atoms with van der Waals surface area (Å²) in [5, 5.41) is 0. The Kier molecular flexibility index (Phi) is 7.14. The van der Waals surface area contributed by atoms with Crippen LogP contribution < -0.4 is 0 Å². The van der Waals surface area contributed by atoms with Crippen molar-refractivity contribution in [3.63, 3.8) is 0 Å². The lowest BCUT2D eigenvalue weighted by Crippen LogP contribution is -2.12. The number of hydrogen-bond donors (Lipinski definition) is 0. The average Bonchev–Trinajstić information content (AvgIpc) is 2.58. The van der Waals surface area contributed by atoms with E-state index in [1.54, 1.807) is 0 Å². The highest BCUT2D eigenvalue weighted by atomic mass is 19.4. The highest BCUT2D eigenvalue weighted by Crippen LogP contribution is 2.35. The summed E-state index contributed by atoms with van der Waals surface area (Å²) in [6, 6.07) is 8.07. The number of alkyl halides is 3. The van der Waals surface area contributed by atoms with Crippen molar-refractivity contribution in [3.8, 4) is 0 Å². The van der Waals surface area contributed by atoms with Gasteiger partial charge in [0.25, 0.3) is 0 Å². The molecule has 2 rings (SSSR count). The summed E-state index contributed by atoms with van der Waals surface area (Å²) in [4.78, 5) is 0. The SMILES string of the molecule is CCCCCCCCc1ccc(C2=CC(C(F)(F)F)=CCC2)cc1. The van der Waals surface area contributed by atoms with E-state index in [1.807, 2.05) is 12.1 Å². The van der Waals surface area contributed by atoms with E-state index in [4.69, 9.17) is 0 Å². The van der Waals surface area contributed by atoms with E-state index in [0.717, 1.165) is 17.6 Å². The van der Waals surface area contributed by atoms with Gasteiger partial charge in [-0.3, -0.25) is 0 Å². The quantitative estimate of drug-likeness (QED) is 0.438. The van der Waals surface area contributed by atoms with Crippen molar-refractivity contribution in [2.24, 2.45) is 0 Å². The summed E-state index contributed by atoms with van der Waals surface area (Å²) < 4.78 is 38.5. The molecule has 1 aromatic carbocycles. The molecule has 0 heterocycles. The van der Waals surface area contributed by atoms with Crippen LogP contribution in [0.4, 0.5) is 13.2 Å². The molecule has 0 bridgehead atoms. The Hall–Kier alpha value is -1.51. The van der Waals surface area contributed by atoms with Crippen LogP contribution in [0.3, 0.4) is 0 Å². The monoisotopic (exact) mass is 336 g/mol. The van der Waals surface area contributed by atoms with E-state index >= 15 is 0 Å². The van der Waals surface area contributed by atoms with Crippen molar-refractivity contribution in [1.29, 1.82) is 0 Å². The second kappa shape index (κ2) is 9.10. The minimum absolute atomic E-state index is 0.459. The van der Waals surface area contributed by atoms with Gasteiger partial charge >= 0.3 is 6.18 Å². The van der Waals surface area contributed by atoms with Crippen LogP contribution in [0, 0.1) is 0 Å². The molecule has 3 heteroatoms. The Labute approximate surface area is 143 Å². The van der Waals surface area contributed by atoms with Crippen LogP contribution in [0.1, 0.15) is 69.4 Å². The molecule has 1 aliphatic rings. The molecular formula is C21H27F3. The first-order valence-corrected chi connectivity index (χ1v) is 9.08. The zero-order valence-electron chi connectivity index (χ0n) is 14.5. The number of halogens is 3. The third kappa shape index (κ3) is 5.85. The lowest BCUT2D eigenvalue weighted by atomic mass is 9.92. The third-order valence-electron chi connectivity index (χ3n) is 4.58. The molecule has 24 heavy (non-hydrogen) atoms. The zero-order chi connectivity index (χ0) is 17.4. The van der Waals surface area contributed by atoms with Gasteiger partial charge in [0.15, 0.2) is 0 Å². The standard InChI is InChI=1S/C21H27F3/c1-2-3-4-5-6-7-9-17-12-14-18(15-13-17)19-10-8-11-20(16-19)21(22,23)24/h11-16H,2-10H2,1H3. The topological polar surface area (TPSA) is 0 Å². The summed E-state index contributed by atoms with van der Waals surface area (Å²) in [5.41, 5.74) is 2.46. The second-order valence-electron chi connectivity index (χ2n) is 6.58. The van der Waals surface area contributed by atoms with Gasteiger partial charge in [-0.1, -0.05) is 69.4 Å². The van der Waals surface area contributed by atoms with Crippen LogP contribution in [-0.4, -0.2) is 6.18 Å². The van der Waals surface area contributed by atoms with E-state index in [9.17, 15) is 13.2 Å². The van der Waals surface area contributed by atoms with Crippen LogP contribution >= 0.6 is 0 Å². The Morgan fingerprint density at radius 1 is 0.917 bits per heavy atom. The fourth-order valence-electron chi connectivity index (χ4n) is 3.12. The number of unbranched alkanes of at least 4 members (excludes halogenated alkanes) is 5. The van der Waals surface area contributed by atoms with Crippen LogP contribution in [-0.2, 0) is 6.42 Å². The fraction of sp³-hybridized carbons (Fsp3) is 0.524. The molecule has 0 aromatic heterocycles.